The number of esters is 1. The van der Waals surface area contributed by atoms with E-state index in [-0.39, 0.29) is 5.97 Å². The van der Waals surface area contributed by atoms with Gasteiger partial charge < -0.3 is 9.64 Å². The average molecular weight is 193 g/mol. The van der Waals surface area contributed by atoms with E-state index in [9.17, 15) is 4.79 Å². The first-order valence-electron chi connectivity index (χ1n) is 4.59. The van der Waals surface area contributed by atoms with Crippen LogP contribution in [0.25, 0.3) is 0 Å². The van der Waals surface area contributed by atoms with Crippen molar-refractivity contribution in [3.05, 3.63) is 29.8 Å². The van der Waals surface area contributed by atoms with E-state index in [1.54, 1.807) is 13.0 Å². The molecule has 0 fully saturated rings. The molecule has 1 aromatic rings. The minimum atomic E-state index is -0.267. The predicted molar refractivity (Wildman–Crippen MR) is 56.7 cm³/mol. The second kappa shape index (κ2) is 4.65. The Morgan fingerprint density at radius 3 is 2.71 bits per heavy atom. The lowest BCUT2D eigenvalue weighted by atomic mass is 10.2. The number of benzene rings is 1. The summed E-state index contributed by atoms with van der Waals surface area (Å²) in [5, 5.41) is 0. The highest BCUT2D eigenvalue weighted by molar-refractivity contribution is 5.90. The molecule has 1 aromatic carbocycles. The van der Waals surface area contributed by atoms with Crippen molar-refractivity contribution in [2.45, 2.75) is 6.92 Å². The first-order valence-corrected chi connectivity index (χ1v) is 4.59. The Hall–Kier alpha value is -1.51. The maximum atomic E-state index is 11.4. The van der Waals surface area contributed by atoms with E-state index in [0.717, 1.165) is 5.69 Å². The van der Waals surface area contributed by atoms with Gasteiger partial charge in [-0.25, -0.2) is 4.79 Å². The second-order valence-corrected chi connectivity index (χ2v) is 3.17. The number of carbonyl (C=O) groups excluding carboxylic acids is 1. The molecular formula is C11H15NO2. The molecule has 0 spiro atoms. The van der Waals surface area contributed by atoms with Crippen molar-refractivity contribution in [1.29, 1.82) is 0 Å². The summed E-state index contributed by atoms with van der Waals surface area (Å²) in [5.41, 5.74) is 1.59. The van der Waals surface area contributed by atoms with Crippen LogP contribution in [0.1, 0.15) is 17.3 Å². The molecule has 0 amide bonds. The molecule has 3 nitrogen and oxygen atoms in total. The lowest BCUT2D eigenvalue weighted by Crippen LogP contribution is -2.10. The lowest BCUT2D eigenvalue weighted by Gasteiger charge is -2.12. The molecule has 0 saturated carbocycles. The van der Waals surface area contributed by atoms with Gasteiger partial charge in [-0.05, 0) is 25.1 Å². The van der Waals surface area contributed by atoms with Gasteiger partial charge >= 0.3 is 5.97 Å². The Labute approximate surface area is 84.3 Å². The molecule has 0 atom stereocenters. The molecule has 0 bridgehead atoms. The fourth-order valence-corrected chi connectivity index (χ4v) is 1.13. The first-order chi connectivity index (χ1) is 6.65. The molecule has 0 aliphatic rings. The topological polar surface area (TPSA) is 29.5 Å². The summed E-state index contributed by atoms with van der Waals surface area (Å²) in [6.45, 7) is 2.21. The lowest BCUT2D eigenvalue weighted by molar-refractivity contribution is 0.0526. The van der Waals surface area contributed by atoms with Gasteiger partial charge in [0.05, 0.1) is 12.2 Å². The molecule has 0 unspecified atom stereocenters. The van der Waals surface area contributed by atoms with Crippen molar-refractivity contribution < 1.29 is 9.53 Å². The van der Waals surface area contributed by atoms with Crippen LogP contribution < -0.4 is 4.90 Å². The summed E-state index contributed by atoms with van der Waals surface area (Å²) >= 11 is 0. The summed E-state index contributed by atoms with van der Waals surface area (Å²) in [7, 11) is 3.87. The zero-order chi connectivity index (χ0) is 10.6. The number of anilines is 1. The molecule has 0 aliphatic heterocycles. The number of rotatable bonds is 3. The fourth-order valence-electron chi connectivity index (χ4n) is 1.13. The third-order valence-corrected chi connectivity index (χ3v) is 1.87. The molecule has 0 heterocycles. The Morgan fingerprint density at radius 2 is 2.14 bits per heavy atom. The Balaban J connectivity index is 2.88. The molecule has 1 rings (SSSR count). The highest BCUT2D eigenvalue weighted by Crippen LogP contribution is 2.13. The summed E-state index contributed by atoms with van der Waals surface area (Å²) < 4.78 is 4.91. The maximum Gasteiger partial charge on any atom is 0.338 e. The van der Waals surface area contributed by atoms with Crippen LogP contribution in [-0.4, -0.2) is 26.7 Å². The molecule has 0 radical (unpaired) electrons. The SMILES string of the molecule is CCOC(=O)c1cccc(N(C)C)c1. The van der Waals surface area contributed by atoms with Gasteiger partial charge in [0.15, 0.2) is 0 Å². The molecular weight excluding hydrogens is 178 g/mol. The molecule has 3 heteroatoms. The van der Waals surface area contributed by atoms with Gasteiger partial charge in [-0.3, -0.25) is 0 Å². The van der Waals surface area contributed by atoms with Crippen LogP contribution >= 0.6 is 0 Å². The molecule has 14 heavy (non-hydrogen) atoms. The first kappa shape index (κ1) is 10.6. The van der Waals surface area contributed by atoms with Crippen molar-refractivity contribution in [1.82, 2.24) is 0 Å². The van der Waals surface area contributed by atoms with Gasteiger partial charge in [-0.15, -0.1) is 0 Å². The molecule has 76 valence electrons. The van der Waals surface area contributed by atoms with Crippen LogP contribution in [0.4, 0.5) is 5.69 Å². The third-order valence-electron chi connectivity index (χ3n) is 1.87. The van der Waals surface area contributed by atoms with Crippen molar-refractivity contribution in [3.8, 4) is 0 Å². The normalized spacial score (nSPS) is 9.64. The average Bonchev–Trinajstić information content (AvgIpc) is 2.18. The minimum absolute atomic E-state index is 0.267. The Morgan fingerprint density at radius 1 is 1.43 bits per heavy atom. The largest absolute Gasteiger partial charge is 0.462 e. The molecule has 0 N–H and O–H groups in total. The van der Waals surface area contributed by atoms with E-state index < -0.39 is 0 Å². The monoisotopic (exact) mass is 193 g/mol. The van der Waals surface area contributed by atoms with Crippen LogP contribution in [0.2, 0.25) is 0 Å². The number of hydrogen-bond donors (Lipinski definition) is 0. The van der Waals surface area contributed by atoms with Gasteiger partial charge in [-0.1, -0.05) is 6.07 Å². The molecule has 0 aromatic heterocycles. The smallest absolute Gasteiger partial charge is 0.338 e. The summed E-state index contributed by atoms with van der Waals surface area (Å²) in [6.07, 6.45) is 0. The summed E-state index contributed by atoms with van der Waals surface area (Å²) in [5.74, 6) is -0.267. The third kappa shape index (κ3) is 2.49. The van der Waals surface area contributed by atoms with E-state index in [2.05, 4.69) is 0 Å². The standard InChI is InChI=1S/C11H15NO2/c1-4-14-11(13)9-6-5-7-10(8-9)12(2)3/h5-8H,4H2,1-3H3. The van der Waals surface area contributed by atoms with Gasteiger partial charge in [-0.2, -0.15) is 0 Å². The molecule has 0 saturated heterocycles. The van der Waals surface area contributed by atoms with Crippen LogP contribution in [0.15, 0.2) is 24.3 Å². The number of carbonyl (C=O) groups is 1. The fraction of sp³-hybridized carbons (Fsp3) is 0.364. The maximum absolute atomic E-state index is 11.4. The summed E-state index contributed by atoms with van der Waals surface area (Å²) in [4.78, 5) is 13.3. The molecule has 0 aliphatic carbocycles. The van der Waals surface area contributed by atoms with Crippen LogP contribution in [0, 0.1) is 0 Å². The number of nitrogens with zero attached hydrogens (tertiary/aromatic N) is 1. The van der Waals surface area contributed by atoms with E-state index in [0.29, 0.717) is 12.2 Å². The zero-order valence-corrected chi connectivity index (χ0v) is 8.78. The Kier molecular flexibility index (Phi) is 3.51. The van der Waals surface area contributed by atoms with E-state index >= 15 is 0 Å². The summed E-state index contributed by atoms with van der Waals surface area (Å²) in [6, 6.07) is 7.37. The van der Waals surface area contributed by atoms with E-state index in [1.807, 2.05) is 37.2 Å². The highest BCUT2D eigenvalue weighted by Gasteiger charge is 2.06. The predicted octanol–water partition coefficient (Wildman–Crippen LogP) is 1.93. The van der Waals surface area contributed by atoms with E-state index in [1.165, 1.54) is 0 Å². The van der Waals surface area contributed by atoms with Crippen LogP contribution in [0.3, 0.4) is 0 Å². The Bertz CT molecular complexity index is 321. The van der Waals surface area contributed by atoms with Crippen molar-refractivity contribution in [2.24, 2.45) is 0 Å². The van der Waals surface area contributed by atoms with Crippen LogP contribution in [0.5, 0.6) is 0 Å². The van der Waals surface area contributed by atoms with Gasteiger partial charge in [0.25, 0.3) is 0 Å². The highest BCUT2D eigenvalue weighted by atomic mass is 16.5. The number of hydrogen-bond acceptors (Lipinski definition) is 3. The van der Waals surface area contributed by atoms with Crippen molar-refractivity contribution >= 4 is 11.7 Å². The zero-order valence-electron chi connectivity index (χ0n) is 8.78. The quantitative estimate of drug-likeness (QED) is 0.687. The van der Waals surface area contributed by atoms with Crippen molar-refractivity contribution in [2.75, 3.05) is 25.6 Å². The van der Waals surface area contributed by atoms with E-state index in [4.69, 9.17) is 4.74 Å². The number of ether oxygens (including phenoxy) is 1. The van der Waals surface area contributed by atoms with Crippen LogP contribution in [-0.2, 0) is 4.74 Å². The van der Waals surface area contributed by atoms with Gasteiger partial charge in [0.1, 0.15) is 0 Å². The minimum Gasteiger partial charge on any atom is -0.462 e. The second-order valence-electron chi connectivity index (χ2n) is 3.17. The van der Waals surface area contributed by atoms with Gasteiger partial charge in [0.2, 0.25) is 0 Å². The van der Waals surface area contributed by atoms with Crippen molar-refractivity contribution in [3.63, 3.8) is 0 Å². The van der Waals surface area contributed by atoms with Gasteiger partial charge in [0, 0.05) is 19.8 Å².